The third-order valence-corrected chi connectivity index (χ3v) is 3.02. The molecule has 0 aromatic rings. The zero-order chi connectivity index (χ0) is 12.0. The summed E-state index contributed by atoms with van der Waals surface area (Å²) in [7, 11) is 2.21. The molecule has 1 aliphatic rings. The van der Waals surface area contributed by atoms with Gasteiger partial charge in [0.25, 0.3) is 0 Å². The molecule has 17 heavy (non-hydrogen) atoms. The SMILES string of the molecule is CCNC(=NCC(C)N(C)C1CC1)NCC.I. The molecule has 102 valence electrons. The molecular weight excluding hydrogens is 327 g/mol. The lowest BCUT2D eigenvalue weighted by atomic mass is 10.3. The van der Waals surface area contributed by atoms with Gasteiger partial charge in [0.1, 0.15) is 0 Å². The molecule has 5 heteroatoms. The van der Waals surface area contributed by atoms with Crippen molar-refractivity contribution in [3.05, 3.63) is 0 Å². The summed E-state index contributed by atoms with van der Waals surface area (Å²) in [4.78, 5) is 7.03. The van der Waals surface area contributed by atoms with Gasteiger partial charge in [0, 0.05) is 25.2 Å². The van der Waals surface area contributed by atoms with Crippen LogP contribution in [0.15, 0.2) is 4.99 Å². The minimum absolute atomic E-state index is 0. The van der Waals surface area contributed by atoms with E-state index in [0.717, 1.165) is 31.6 Å². The van der Waals surface area contributed by atoms with Crippen molar-refractivity contribution in [2.75, 3.05) is 26.7 Å². The molecule has 1 unspecified atom stereocenters. The van der Waals surface area contributed by atoms with Crippen LogP contribution in [0.1, 0.15) is 33.6 Å². The molecule has 2 N–H and O–H groups in total. The first kappa shape index (κ1) is 17.0. The van der Waals surface area contributed by atoms with Gasteiger partial charge in [-0.1, -0.05) is 0 Å². The molecule has 1 atom stereocenters. The number of likely N-dealkylation sites (N-methyl/N-ethyl adjacent to an activating group) is 1. The van der Waals surface area contributed by atoms with E-state index in [1.165, 1.54) is 12.8 Å². The molecule has 4 nitrogen and oxygen atoms in total. The second kappa shape index (κ2) is 8.97. The van der Waals surface area contributed by atoms with E-state index in [-0.39, 0.29) is 24.0 Å². The van der Waals surface area contributed by atoms with Gasteiger partial charge in [0.05, 0.1) is 6.54 Å². The zero-order valence-electron chi connectivity index (χ0n) is 11.5. The van der Waals surface area contributed by atoms with Crippen LogP contribution in [0.5, 0.6) is 0 Å². The summed E-state index contributed by atoms with van der Waals surface area (Å²) in [6.45, 7) is 9.12. The highest BCUT2D eigenvalue weighted by Crippen LogP contribution is 2.26. The number of hydrogen-bond acceptors (Lipinski definition) is 2. The maximum Gasteiger partial charge on any atom is 0.191 e. The fourth-order valence-corrected chi connectivity index (χ4v) is 1.70. The summed E-state index contributed by atoms with van der Waals surface area (Å²) in [5.41, 5.74) is 0. The van der Waals surface area contributed by atoms with E-state index in [1.807, 2.05) is 0 Å². The Labute approximate surface area is 123 Å². The Bertz CT molecular complexity index is 221. The lowest BCUT2D eigenvalue weighted by Crippen LogP contribution is -2.39. The smallest absolute Gasteiger partial charge is 0.191 e. The Morgan fingerprint density at radius 3 is 2.24 bits per heavy atom. The number of guanidine groups is 1. The highest BCUT2D eigenvalue weighted by Gasteiger charge is 2.28. The molecule has 0 saturated heterocycles. The number of nitrogens with one attached hydrogen (secondary N) is 2. The zero-order valence-corrected chi connectivity index (χ0v) is 13.8. The molecule has 0 aromatic carbocycles. The minimum atomic E-state index is 0. The van der Waals surface area contributed by atoms with Gasteiger partial charge in [-0.25, -0.2) is 0 Å². The molecule has 0 spiro atoms. The Hall–Kier alpha value is -0.0400. The van der Waals surface area contributed by atoms with Gasteiger partial charge in [-0.2, -0.15) is 0 Å². The van der Waals surface area contributed by atoms with Crippen LogP contribution in [0.4, 0.5) is 0 Å². The Balaban J connectivity index is 0.00000256. The molecule has 0 amide bonds. The van der Waals surface area contributed by atoms with Crippen LogP contribution < -0.4 is 10.6 Å². The Morgan fingerprint density at radius 1 is 1.29 bits per heavy atom. The molecule has 0 bridgehead atoms. The number of nitrogens with zero attached hydrogens (tertiary/aromatic N) is 2. The topological polar surface area (TPSA) is 39.7 Å². The van der Waals surface area contributed by atoms with Crippen molar-refractivity contribution in [2.45, 2.75) is 45.7 Å². The van der Waals surface area contributed by atoms with Crippen LogP contribution in [0.3, 0.4) is 0 Å². The van der Waals surface area contributed by atoms with E-state index in [4.69, 9.17) is 0 Å². The third-order valence-electron chi connectivity index (χ3n) is 3.02. The maximum absolute atomic E-state index is 4.59. The number of halogens is 1. The summed E-state index contributed by atoms with van der Waals surface area (Å²) >= 11 is 0. The lowest BCUT2D eigenvalue weighted by Gasteiger charge is -2.23. The van der Waals surface area contributed by atoms with Crippen LogP contribution >= 0.6 is 24.0 Å². The van der Waals surface area contributed by atoms with Crippen molar-refractivity contribution in [1.29, 1.82) is 0 Å². The predicted molar refractivity (Wildman–Crippen MR) is 85.3 cm³/mol. The van der Waals surface area contributed by atoms with Crippen molar-refractivity contribution >= 4 is 29.9 Å². The molecule has 1 rings (SSSR count). The van der Waals surface area contributed by atoms with E-state index in [1.54, 1.807) is 0 Å². The standard InChI is InChI=1S/C12H26N4.HI/c1-5-13-12(14-6-2)15-9-10(3)16(4)11-7-8-11;/h10-11H,5-9H2,1-4H3,(H2,13,14,15);1H. The lowest BCUT2D eigenvalue weighted by molar-refractivity contribution is 0.253. The third kappa shape index (κ3) is 6.45. The molecular formula is C12H27IN4. The van der Waals surface area contributed by atoms with Crippen molar-refractivity contribution in [2.24, 2.45) is 4.99 Å². The van der Waals surface area contributed by atoms with Gasteiger partial charge in [-0.3, -0.25) is 9.89 Å². The number of hydrogen-bond donors (Lipinski definition) is 2. The predicted octanol–water partition coefficient (Wildman–Crippen LogP) is 1.66. The average Bonchev–Trinajstić information content (AvgIpc) is 3.09. The van der Waals surface area contributed by atoms with Gasteiger partial charge >= 0.3 is 0 Å². The van der Waals surface area contributed by atoms with E-state index < -0.39 is 0 Å². The summed E-state index contributed by atoms with van der Waals surface area (Å²) in [5.74, 6) is 0.932. The second-order valence-corrected chi connectivity index (χ2v) is 4.50. The van der Waals surface area contributed by atoms with Crippen molar-refractivity contribution in [3.8, 4) is 0 Å². The van der Waals surface area contributed by atoms with Crippen LogP contribution in [0.25, 0.3) is 0 Å². The van der Waals surface area contributed by atoms with E-state index >= 15 is 0 Å². The molecule has 0 aromatic heterocycles. The highest BCUT2D eigenvalue weighted by atomic mass is 127. The van der Waals surface area contributed by atoms with Gasteiger partial charge in [0.15, 0.2) is 5.96 Å². The van der Waals surface area contributed by atoms with Gasteiger partial charge < -0.3 is 10.6 Å². The molecule has 0 radical (unpaired) electrons. The van der Waals surface area contributed by atoms with Gasteiger partial charge in [-0.05, 0) is 40.7 Å². The number of rotatable bonds is 6. The van der Waals surface area contributed by atoms with Crippen LogP contribution in [-0.2, 0) is 0 Å². The van der Waals surface area contributed by atoms with Crippen LogP contribution in [0, 0.1) is 0 Å². The summed E-state index contributed by atoms with van der Waals surface area (Å²) in [6.07, 6.45) is 2.72. The normalized spacial score (nSPS) is 16.1. The summed E-state index contributed by atoms with van der Waals surface area (Å²) in [5, 5.41) is 6.49. The first-order valence-corrected chi connectivity index (χ1v) is 6.43. The second-order valence-electron chi connectivity index (χ2n) is 4.50. The average molecular weight is 354 g/mol. The molecule has 1 aliphatic carbocycles. The van der Waals surface area contributed by atoms with E-state index in [2.05, 4.69) is 48.3 Å². The fraction of sp³-hybridized carbons (Fsp3) is 0.917. The maximum atomic E-state index is 4.59. The molecule has 1 saturated carbocycles. The van der Waals surface area contributed by atoms with Gasteiger partial charge in [0.2, 0.25) is 0 Å². The Kier molecular flexibility index (Phi) is 8.94. The largest absolute Gasteiger partial charge is 0.357 e. The fourth-order valence-electron chi connectivity index (χ4n) is 1.70. The first-order chi connectivity index (χ1) is 7.69. The van der Waals surface area contributed by atoms with E-state index in [0.29, 0.717) is 6.04 Å². The first-order valence-electron chi connectivity index (χ1n) is 6.43. The van der Waals surface area contributed by atoms with Crippen molar-refractivity contribution < 1.29 is 0 Å². The van der Waals surface area contributed by atoms with Crippen molar-refractivity contribution in [1.82, 2.24) is 15.5 Å². The van der Waals surface area contributed by atoms with Crippen molar-refractivity contribution in [3.63, 3.8) is 0 Å². The quantitative estimate of drug-likeness (QED) is 0.433. The van der Waals surface area contributed by atoms with Gasteiger partial charge in [-0.15, -0.1) is 24.0 Å². The van der Waals surface area contributed by atoms with Crippen LogP contribution in [0.2, 0.25) is 0 Å². The molecule has 0 heterocycles. The molecule has 1 fully saturated rings. The summed E-state index contributed by atoms with van der Waals surface area (Å²) < 4.78 is 0. The van der Waals surface area contributed by atoms with E-state index in [9.17, 15) is 0 Å². The highest BCUT2D eigenvalue weighted by molar-refractivity contribution is 14.0. The Morgan fingerprint density at radius 2 is 1.82 bits per heavy atom. The minimum Gasteiger partial charge on any atom is -0.357 e. The summed E-state index contributed by atoms with van der Waals surface area (Å²) in [6, 6.07) is 1.34. The monoisotopic (exact) mass is 354 g/mol. The van der Waals surface area contributed by atoms with Crippen LogP contribution in [-0.4, -0.2) is 49.6 Å². The number of aliphatic imine (C=N–C) groups is 1. The molecule has 0 aliphatic heterocycles.